The molecule has 1 aromatic carbocycles. The van der Waals surface area contributed by atoms with E-state index in [1.54, 1.807) is 6.21 Å². The zero-order valence-corrected chi connectivity index (χ0v) is 15.4. The van der Waals surface area contributed by atoms with Crippen LogP contribution in [0.2, 0.25) is 0 Å². The summed E-state index contributed by atoms with van der Waals surface area (Å²) in [5.41, 5.74) is 1.14. The van der Waals surface area contributed by atoms with Crippen molar-refractivity contribution in [1.29, 1.82) is 0 Å². The Balaban J connectivity index is 0.00000139. The van der Waals surface area contributed by atoms with E-state index in [1.165, 1.54) is 0 Å². The minimum absolute atomic E-state index is 0.236. The molecule has 0 spiro atoms. The van der Waals surface area contributed by atoms with E-state index in [9.17, 15) is 4.79 Å². The second-order valence-corrected chi connectivity index (χ2v) is 5.52. The maximum Gasteiger partial charge on any atom is 0.318 e. The Morgan fingerprint density at radius 3 is 2.50 bits per heavy atom. The van der Waals surface area contributed by atoms with Crippen molar-refractivity contribution in [1.82, 2.24) is 4.90 Å². The van der Waals surface area contributed by atoms with Gasteiger partial charge >= 0.3 is 5.97 Å². The van der Waals surface area contributed by atoms with Gasteiger partial charge in [0.1, 0.15) is 11.2 Å². The number of aliphatic imine (C=N–C) groups is 1. The number of nitrogens with zero attached hydrogens (tertiary/aromatic N) is 2. The Kier molecular flexibility index (Phi) is 7.43. The summed E-state index contributed by atoms with van der Waals surface area (Å²) < 4.78 is 5.34. The van der Waals surface area contributed by atoms with Gasteiger partial charge < -0.3 is 9.64 Å². The first-order chi connectivity index (χ1) is 11.5. The molecule has 130 valence electrons. The standard InChI is InChI=1S/C18H22N2O2.C2H6/c1-5-22-17(21)18(3,13-15-9-7-6-8-10-15)16-11-12-19-14(2)20(16)4;1-2/h6-12H,2,5,13H2,1,3-4H3;1-2H3. The molecule has 1 aromatic rings. The molecule has 0 fully saturated rings. The fourth-order valence-corrected chi connectivity index (χ4v) is 2.65. The molecule has 1 atom stereocenters. The SMILES string of the molecule is C=C1N=CC=C(C(C)(Cc2ccccc2)C(=O)OCC)N1C.CC. The second-order valence-electron chi connectivity index (χ2n) is 5.52. The van der Waals surface area contributed by atoms with Crippen molar-refractivity contribution in [2.45, 2.75) is 34.1 Å². The summed E-state index contributed by atoms with van der Waals surface area (Å²) in [6.07, 6.45) is 4.10. The average molecular weight is 328 g/mol. The number of carbonyl (C=O) groups is 1. The lowest BCUT2D eigenvalue weighted by Crippen LogP contribution is -2.40. The summed E-state index contributed by atoms with van der Waals surface area (Å²) in [7, 11) is 1.87. The van der Waals surface area contributed by atoms with Crippen LogP contribution in [0.4, 0.5) is 0 Å². The molecule has 0 amide bonds. The third-order valence-corrected chi connectivity index (χ3v) is 3.90. The molecular weight excluding hydrogens is 300 g/mol. The van der Waals surface area contributed by atoms with Gasteiger partial charge in [0.05, 0.1) is 6.61 Å². The van der Waals surface area contributed by atoms with E-state index in [0.29, 0.717) is 18.8 Å². The molecule has 0 saturated carbocycles. The number of hydrogen-bond acceptors (Lipinski definition) is 4. The molecule has 1 aliphatic rings. The van der Waals surface area contributed by atoms with Crippen LogP contribution in [0.3, 0.4) is 0 Å². The van der Waals surface area contributed by atoms with Crippen molar-refractivity contribution >= 4 is 12.2 Å². The second kappa shape index (κ2) is 9.06. The lowest BCUT2D eigenvalue weighted by atomic mass is 9.79. The Labute approximate surface area is 145 Å². The van der Waals surface area contributed by atoms with Gasteiger partial charge in [0, 0.05) is 19.0 Å². The van der Waals surface area contributed by atoms with Crippen LogP contribution >= 0.6 is 0 Å². The van der Waals surface area contributed by atoms with Crippen LogP contribution < -0.4 is 0 Å². The molecule has 1 aliphatic heterocycles. The highest BCUT2D eigenvalue weighted by Crippen LogP contribution is 2.37. The Bertz CT molecular complexity index is 620. The molecule has 1 unspecified atom stereocenters. The van der Waals surface area contributed by atoms with E-state index >= 15 is 0 Å². The number of ether oxygens (including phenoxy) is 1. The zero-order valence-electron chi connectivity index (χ0n) is 15.4. The first kappa shape index (κ1) is 19.7. The summed E-state index contributed by atoms with van der Waals surface area (Å²) in [6, 6.07) is 9.94. The fraction of sp³-hybridized carbons (Fsp3) is 0.400. The molecule has 0 aliphatic carbocycles. The number of benzene rings is 1. The third kappa shape index (κ3) is 4.34. The van der Waals surface area contributed by atoms with Crippen LogP contribution in [0.25, 0.3) is 0 Å². The first-order valence-corrected chi connectivity index (χ1v) is 8.37. The summed E-state index contributed by atoms with van der Waals surface area (Å²) in [5.74, 6) is 0.376. The predicted octanol–water partition coefficient (Wildman–Crippen LogP) is 4.20. The molecule has 0 radical (unpaired) electrons. The first-order valence-electron chi connectivity index (χ1n) is 8.37. The van der Waals surface area contributed by atoms with Crippen molar-refractivity contribution in [3.63, 3.8) is 0 Å². The number of esters is 1. The lowest BCUT2D eigenvalue weighted by molar-refractivity contribution is -0.152. The highest BCUT2D eigenvalue weighted by atomic mass is 16.5. The predicted molar refractivity (Wildman–Crippen MR) is 99.7 cm³/mol. The van der Waals surface area contributed by atoms with Gasteiger partial charge in [-0.3, -0.25) is 4.79 Å². The van der Waals surface area contributed by atoms with Gasteiger partial charge in [-0.2, -0.15) is 0 Å². The lowest BCUT2D eigenvalue weighted by Gasteiger charge is -2.37. The molecule has 0 bridgehead atoms. The van der Waals surface area contributed by atoms with Gasteiger partial charge in [-0.25, -0.2) is 4.99 Å². The Morgan fingerprint density at radius 2 is 1.92 bits per heavy atom. The Morgan fingerprint density at radius 1 is 1.29 bits per heavy atom. The molecular formula is C20H28N2O2. The smallest absolute Gasteiger partial charge is 0.318 e. The van der Waals surface area contributed by atoms with Gasteiger partial charge in [0.15, 0.2) is 0 Å². The summed E-state index contributed by atoms with van der Waals surface area (Å²) in [5, 5.41) is 0. The largest absolute Gasteiger partial charge is 0.465 e. The number of carbonyl (C=O) groups excluding carboxylic acids is 1. The highest BCUT2D eigenvalue weighted by Gasteiger charge is 2.41. The quantitative estimate of drug-likeness (QED) is 0.761. The van der Waals surface area contributed by atoms with Crippen LogP contribution in [0.15, 0.2) is 59.5 Å². The van der Waals surface area contributed by atoms with Gasteiger partial charge in [0.25, 0.3) is 0 Å². The van der Waals surface area contributed by atoms with Crippen molar-refractivity contribution < 1.29 is 9.53 Å². The summed E-state index contributed by atoms with van der Waals surface area (Å²) >= 11 is 0. The highest BCUT2D eigenvalue weighted by molar-refractivity contribution is 5.84. The van der Waals surface area contributed by atoms with Gasteiger partial charge in [-0.15, -0.1) is 0 Å². The zero-order chi connectivity index (χ0) is 18.2. The number of allylic oxidation sites excluding steroid dienone is 1. The van der Waals surface area contributed by atoms with E-state index in [2.05, 4.69) is 11.6 Å². The minimum Gasteiger partial charge on any atom is -0.465 e. The molecule has 0 N–H and O–H groups in total. The topological polar surface area (TPSA) is 41.9 Å². The molecule has 1 heterocycles. The molecule has 4 heteroatoms. The van der Waals surface area contributed by atoms with Crippen LogP contribution in [0, 0.1) is 5.41 Å². The molecule has 2 rings (SSSR count). The van der Waals surface area contributed by atoms with Crippen LogP contribution in [-0.4, -0.2) is 30.7 Å². The van der Waals surface area contributed by atoms with Crippen molar-refractivity contribution in [2.24, 2.45) is 10.4 Å². The van der Waals surface area contributed by atoms with Crippen molar-refractivity contribution in [3.05, 3.63) is 60.1 Å². The van der Waals surface area contributed by atoms with E-state index < -0.39 is 5.41 Å². The maximum absolute atomic E-state index is 12.7. The van der Waals surface area contributed by atoms with E-state index in [4.69, 9.17) is 4.74 Å². The van der Waals surface area contributed by atoms with Crippen molar-refractivity contribution in [3.8, 4) is 0 Å². The third-order valence-electron chi connectivity index (χ3n) is 3.90. The van der Waals surface area contributed by atoms with Crippen LogP contribution in [0.5, 0.6) is 0 Å². The average Bonchev–Trinajstić information content (AvgIpc) is 2.60. The number of hydrogen-bond donors (Lipinski definition) is 0. The van der Waals surface area contributed by atoms with Crippen LogP contribution in [-0.2, 0) is 16.0 Å². The van der Waals surface area contributed by atoms with Gasteiger partial charge in [-0.1, -0.05) is 50.8 Å². The molecule has 0 aromatic heterocycles. The number of rotatable bonds is 5. The Hall–Kier alpha value is -2.36. The van der Waals surface area contributed by atoms with Crippen molar-refractivity contribution in [2.75, 3.05) is 13.7 Å². The monoisotopic (exact) mass is 328 g/mol. The van der Waals surface area contributed by atoms with E-state index in [1.807, 2.05) is 76.1 Å². The molecule has 0 saturated heterocycles. The molecule has 4 nitrogen and oxygen atoms in total. The van der Waals surface area contributed by atoms with Gasteiger partial charge in [0.2, 0.25) is 0 Å². The van der Waals surface area contributed by atoms with Gasteiger partial charge in [-0.05, 0) is 31.9 Å². The van der Waals surface area contributed by atoms with Crippen LogP contribution in [0.1, 0.15) is 33.3 Å². The fourth-order valence-electron chi connectivity index (χ4n) is 2.65. The minimum atomic E-state index is -0.790. The van der Waals surface area contributed by atoms with E-state index in [0.717, 1.165) is 11.3 Å². The summed E-state index contributed by atoms with van der Waals surface area (Å²) in [6.45, 7) is 12.0. The van der Waals surface area contributed by atoms with E-state index in [-0.39, 0.29) is 5.97 Å². The molecule has 24 heavy (non-hydrogen) atoms. The normalized spacial score (nSPS) is 15.8. The summed E-state index contributed by atoms with van der Waals surface area (Å²) in [4.78, 5) is 18.7. The maximum atomic E-state index is 12.7.